The summed E-state index contributed by atoms with van der Waals surface area (Å²) in [5, 5.41) is 4.21. The Morgan fingerprint density at radius 2 is 1.80 bits per heavy atom. The van der Waals surface area contributed by atoms with Crippen molar-refractivity contribution in [3.05, 3.63) is 64.4 Å². The fourth-order valence-electron chi connectivity index (χ4n) is 2.71. The van der Waals surface area contributed by atoms with E-state index in [4.69, 9.17) is 11.6 Å². The summed E-state index contributed by atoms with van der Waals surface area (Å²) in [6.45, 7) is 2.00. The topological polar surface area (TPSA) is 12.0 Å². The maximum Gasteiger partial charge on any atom is 0.125 e. The third-order valence-electron chi connectivity index (χ3n) is 4.04. The first kappa shape index (κ1) is 13.4. The van der Waals surface area contributed by atoms with Crippen LogP contribution in [0.1, 0.15) is 29.9 Å². The Morgan fingerprint density at radius 3 is 2.50 bits per heavy atom. The monoisotopic (exact) mass is 289 g/mol. The highest BCUT2D eigenvalue weighted by atomic mass is 35.5. The number of benzene rings is 2. The zero-order valence-electron chi connectivity index (χ0n) is 11.4. The fourth-order valence-corrected chi connectivity index (χ4v) is 2.84. The van der Waals surface area contributed by atoms with Crippen LogP contribution in [-0.4, -0.2) is 6.04 Å². The average Bonchev–Trinajstić information content (AvgIpc) is 2.39. The van der Waals surface area contributed by atoms with Crippen LogP contribution in [0.25, 0.3) is 0 Å². The van der Waals surface area contributed by atoms with Crippen LogP contribution in [0.5, 0.6) is 0 Å². The lowest BCUT2D eigenvalue weighted by atomic mass is 9.76. The van der Waals surface area contributed by atoms with Crippen molar-refractivity contribution in [3.63, 3.8) is 0 Å². The van der Waals surface area contributed by atoms with Crippen LogP contribution in [0, 0.1) is 12.7 Å². The Hall–Kier alpha value is -1.54. The molecule has 0 amide bonds. The average molecular weight is 290 g/mol. The fraction of sp³-hybridized carbons (Fsp3) is 0.294. The zero-order valence-corrected chi connectivity index (χ0v) is 12.1. The molecule has 1 aliphatic carbocycles. The minimum absolute atomic E-state index is 0.188. The van der Waals surface area contributed by atoms with E-state index < -0.39 is 0 Å². The zero-order chi connectivity index (χ0) is 14.1. The van der Waals surface area contributed by atoms with E-state index in [1.165, 1.54) is 11.6 Å². The Bertz CT molecular complexity index is 603. The molecule has 0 spiro atoms. The summed E-state index contributed by atoms with van der Waals surface area (Å²) in [7, 11) is 0. The van der Waals surface area contributed by atoms with Gasteiger partial charge in [0.05, 0.1) is 0 Å². The van der Waals surface area contributed by atoms with Gasteiger partial charge in [0.2, 0.25) is 0 Å². The van der Waals surface area contributed by atoms with Crippen molar-refractivity contribution in [2.45, 2.75) is 31.7 Å². The number of anilines is 1. The quantitative estimate of drug-likeness (QED) is 0.824. The van der Waals surface area contributed by atoms with Crippen LogP contribution in [0.4, 0.5) is 10.1 Å². The molecular weight excluding hydrogens is 273 g/mol. The van der Waals surface area contributed by atoms with Gasteiger partial charge in [0.25, 0.3) is 0 Å². The Kier molecular flexibility index (Phi) is 3.66. The van der Waals surface area contributed by atoms with Crippen LogP contribution in [0.15, 0.2) is 42.5 Å². The van der Waals surface area contributed by atoms with Gasteiger partial charge < -0.3 is 5.32 Å². The predicted octanol–water partition coefficient (Wildman–Crippen LogP) is 5.15. The molecule has 1 N–H and O–H groups in total. The van der Waals surface area contributed by atoms with E-state index in [1.807, 2.05) is 25.1 Å². The second-order valence-corrected chi connectivity index (χ2v) is 5.96. The van der Waals surface area contributed by atoms with Gasteiger partial charge in [0, 0.05) is 16.8 Å². The van der Waals surface area contributed by atoms with Crippen molar-refractivity contribution in [1.82, 2.24) is 0 Å². The normalized spacial score (nSPS) is 21.4. The molecule has 2 aromatic carbocycles. The Labute approximate surface area is 123 Å². The first-order chi connectivity index (χ1) is 9.61. The Morgan fingerprint density at radius 1 is 1.10 bits per heavy atom. The molecule has 0 unspecified atom stereocenters. The molecule has 1 nitrogen and oxygen atoms in total. The first-order valence-electron chi connectivity index (χ1n) is 6.90. The van der Waals surface area contributed by atoms with Gasteiger partial charge in [-0.25, -0.2) is 4.39 Å². The van der Waals surface area contributed by atoms with E-state index in [0.717, 1.165) is 29.1 Å². The molecule has 1 saturated carbocycles. The minimum atomic E-state index is -0.188. The van der Waals surface area contributed by atoms with E-state index in [1.54, 1.807) is 6.07 Å². The second kappa shape index (κ2) is 5.45. The molecule has 2 aromatic rings. The maximum atomic E-state index is 13.2. The van der Waals surface area contributed by atoms with Gasteiger partial charge in [-0.3, -0.25) is 0 Å². The van der Waals surface area contributed by atoms with Crippen molar-refractivity contribution in [2.75, 3.05) is 5.32 Å². The molecule has 1 aliphatic rings. The van der Waals surface area contributed by atoms with E-state index in [2.05, 4.69) is 17.4 Å². The highest BCUT2D eigenvalue weighted by Gasteiger charge is 2.30. The second-order valence-electron chi connectivity index (χ2n) is 5.52. The summed E-state index contributed by atoms with van der Waals surface area (Å²) < 4.78 is 13.2. The third-order valence-corrected chi connectivity index (χ3v) is 4.29. The minimum Gasteiger partial charge on any atom is -0.382 e. The largest absolute Gasteiger partial charge is 0.382 e. The van der Waals surface area contributed by atoms with Crippen molar-refractivity contribution in [3.8, 4) is 0 Å². The summed E-state index contributed by atoms with van der Waals surface area (Å²) in [4.78, 5) is 0. The lowest BCUT2D eigenvalue weighted by Gasteiger charge is -2.37. The van der Waals surface area contributed by atoms with Gasteiger partial charge in [0.1, 0.15) is 5.82 Å². The number of hydrogen-bond donors (Lipinski definition) is 1. The standard InChI is InChI=1S/C17H17ClFN/c1-11-2-7-15(19)10-17(11)20-16-8-13(9-16)12-3-5-14(18)6-4-12/h2-7,10,13,16,20H,8-9H2,1H3. The van der Waals surface area contributed by atoms with Crippen LogP contribution in [-0.2, 0) is 0 Å². The van der Waals surface area contributed by atoms with Crippen LogP contribution < -0.4 is 5.32 Å². The molecule has 0 aromatic heterocycles. The highest BCUT2D eigenvalue weighted by molar-refractivity contribution is 6.30. The predicted molar refractivity (Wildman–Crippen MR) is 82.0 cm³/mol. The summed E-state index contributed by atoms with van der Waals surface area (Å²) in [6, 6.07) is 13.4. The maximum absolute atomic E-state index is 13.2. The molecule has 3 heteroatoms. The third kappa shape index (κ3) is 2.80. The van der Waals surface area contributed by atoms with Gasteiger partial charge in [-0.1, -0.05) is 29.8 Å². The van der Waals surface area contributed by atoms with Gasteiger partial charge in [-0.05, 0) is 61.1 Å². The number of rotatable bonds is 3. The number of aryl methyl sites for hydroxylation is 1. The molecule has 1 fully saturated rings. The molecule has 0 heterocycles. The van der Waals surface area contributed by atoms with E-state index in [-0.39, 0.29) is 5.82 Å². The van der Waals surface area contributed by atoms with Crippen molar-refractivity contribution in [1.29, 1.82) is 0 Å². The SMILES string of the molecule is Cc1ccc(F)cc1NC1CC(c2ccc(Cl)cc2)C1. The van der Waals surface area contributed by atoms with Crippen LogP contribution >= 0.6 is 11.6 Å². The lowest BCUT2D eigenvalue weighted by Crippen LogP contribution is -2.34. The number of nitrogens with one attached hydrogen (secondary N) is 1. The van der Waals surface area contributed by atoms with Crippen LogP contribution in [0.3, 0.4) is 0 Å². The first-order valence-corrected chi connectivity index (χ1v) is 7.28. The highest BCUT2D eigenvalue weighted by Crippen LogP contribution is 2.39. The van der Waals surface area contributed by atoms with E-state index in [9.17, 15) is 4.39 Å². The van der Waals surface area contributed by atoms with Crippen molar-refractivity contribution >= 4 is 17.3 Å². The van der Waals surface area contributed by atoms with Gasteiger partial charge in [-0.2, -0.15) is 0 Å². The molecular formula is C17H17ClFN. The molecule has 0 bridgehead atoms. The summed E-state index contributed by atoms with van der Waals surface area (Å²) in [5.41, 5.74) is 3.33. The summed E-state index contributed by atoms with van der Waals surface area (Å²) in [6.07, 6.45) is 2.16. The number of halogens is 2. The van der Waals surface area contributed by atoms with Crippen LogP contribution in [0.2, 0.25) is 5.02 Å². The number of hydrogen-bond acceptors (Lipinski definition) is 1. The lowest BCUT2D eigenvalue weighted by molar-refractivity contribution is 0.374. The molecule has 20 heavy (non-hydrogen) atoms. The van der Waals surface area contributed by atoms with E-state index in [0.29, 0.717) is 12.0 Å². The molecule has 3 rings (SSSR count). The summed E-state index contributed by atoms with van der Waals surface area (Å²) >= 11 is 5.90. The molecule has 104 valence electrons. The van der Waals surface area contributed by atoms with Crippen molar-refractivity contribution < 1.29 is 4.39 Å². The summed E-state index contributed by atoms with van der Waals surface area (Å²) in [5.74, 6) is 0.394. The van der Waals surface area contributed by atoms with E-state index >= 15 is 0 Å². The van der Waals surface area contributed by atoms with Gasteiger partial charge in [-0.15, -0.1) is 0 Å². The van der Waals surface area contributed by atoms with Gasteiger partial charge >= 0.3 is 0 Å². The molecule has 0 radical (unpaired) electrons. The smallest absolute Gasteiger partial charge is 0.125 e. The van der Waals surface area contributed by atoms with Crippen molar-refractivity contribution in [2.24, 2.45) is 0 Å². The Balaban J connectivity index is 1.60. The molecule has 0 atom stereocenters. The molecule has 0 aliphatic heterocycles. The molecule has 0 saturated heterocycles. The van der Waals surface area contributed by atoms with Gasteiger partial charge in [0.15, 0.2) is 0 Å².